The first-order valence-electron chi connectivity index (χ1n) is 23.2. The maximum Gasteiger partial charge on any atom is 0.333 e. The van der Waals surface area contributed by atoms with Gasteiger partial charge in [0.15, 0.2) is 0 Å². The Morgan fingerprint density at radius 3 is 1.39 bits per heavy atom. The summed E-state index contributed by atoms with van der Waals surface area (Å²) in [6.45, 7) is 6.70. The van der Waals surface area contributed by atoms with Crippen LogP contribution in [0.1, 0.15) is 16.7 Å². The SMILES string of the molecule is Cc1cc(C)c(-c2cc3c4c(c2)-n2c5ccc(-c6ccccc6)cc5c5cc(-c6ccccc6)cc(c52)B4n2c4ccc(-c5ccccc5)cc4c4cc(-c5ccccc5)cc-3c42)c(C)c1. The average Bonchev–Trinajstić information content (AvgIpc) is 3.87. The zero-order chi connectivity index (χ0) is 43.8. The lowest BCUT2D eigenvalue weighted by atomic mass is 9.45. The highest BCUT2D eigenvalue weighted by atomic mass is 15.0. The van der Waals surface area contributed by atoms with Gasteiger partial charge in [0.1, 0.15) is 0 Å². The van der Waals surface area contributed by atoms with Gasteiger partial charge in [0.2, 0.25) is 0 Å². The molecule has 0 saturated heterocycles. The van der Waals surface area contributed by atoms with Crippen molar-refractivity contribution in [3.63, 3.8) is 0 Å². The van der Waals surface area contributed by atoms with Gasteiger partial charge in [-0.25, -0.2) is 0 Å². The lowest BCUT2D eigenvalue weighted by Gasteiger charge is -2.35. The minimum Gasteiger partial charge on any atom is -0.375 e. The van der Waals surface area contributed by atoms with E-state index in [0.717, 1.165) is 0 Å². The van der Waals surface area contributed by atoms with E-state index in [9.17, 15) is 0 Å². The number of hydrogen-bond donors (Lipinski definition) is 0. The molecule has 10 aromatic carbocycles. The van der Waals surface area contributed by atoms with Crippen LogP contribution in [0.15, 0.2) is 206 Å². The highest BCUT2D eigenvalue weighted by molar-refractivity contribution is 6.90. The maximum atomic E-state index is 2.72. The van der Waals surface area contributed by atoms with E-state index in [1.807, 2.05) is 0 Å². The molecule has 0 amide bonds. The van der Waals surface area contributed by atoms with E-state index in [4.69, 9.17) is 0 Å². The van der Waals surface area contributed by atoms with Crippen molar-refractivity contribution in [1.29, 1.82) is 0 Å². The van der Waals surface area contributed by atoms with Gasteiger partial charge in [0.25, 0.3) is 0 Å². The van der Waals surface area contributed by atoms with Gasteiger partial charge in [-0.2, -0.15) is 0 Å². The number of nitrogens with zero attached hydrogens (tertiary/aromatic N) is 2. The first kappa shape index (κ1) is 37.3. The zero-order valence-electron chi connectivity index (χ0n) is 37.1. The predicted octanol–water partition coefficient (Wildman–Crippen LogP) is 15.1. The van der Waals surface area contributed by atoms with Crippen molar-refractivity contribution < 1.29 is 0 Å². The van der Waals surface area contributed by atoms with E-state index in [2.05, 4.69) is 236 Å². The molecular weight excluding hydrogens is 796 g/mol. The number of hydrogen-bond acceptors (Lipinski definition) is 0. The van der Waals surface area contributed by atoms with Gasteiger partial charge in [-0.3, -0.25) is 0 Å². The molecule has 0 fully saturated rings. The van der Waals surface area contributed by atoms with Gasteiger partial charge in [0.05, 0.1) is 11.0 Å². The molecule has 2 nitrogen and oxygen atoms in total. The molecule has 0 radical (unpaired) electrons. The van der Waals surface area contributed by atoms with Crippen molar-refractivity contribution in [1.82, 2.24) is 9.05 Å². The van der Waals surface area contributed by atoms with Crippen LogP contribution in [0, 0.1) is 20.8 Å². The Morgan fingerprint density at radius 1 is 0.348 bits per heavy atom. The molecule has 0 aliphatic carbocycles. The fourth-order valence-electron chi connectivity index (χ4n) is 12.0. The van der Waals surface area contributed by atoms with Crippen LogP contribution in [0.5, 0.6) is 0 Å². The van der Waals surface area contributed by atoms with Crippen LogP contribution >= 0.6 is 0 Å². The molecule has 0 atom stereocenters. The summed E-state index contributed by atoms with van der Waals surface area (Å²) in [4.78, 5) is 0. The lowest BCUT2D eigenvalue weighted by Crippen LogP contribution is -2.55. The Labute approximate surface area is 384 Å². The summed E-state index contributed by atoms with van der Waals surface area (Å²) >= 11 is 0. The molecule has 0 saturated carbocycles. The van der Waals surface area contributed by atoms with Gasteiger partial charge in [0, 0.05) is 43.8 Å². The normalized spacial score (nSPS) is 12.4. The minimum absolute atomic E-state index is 0.0847. The first-order valence-corrected chi connectivity index (χ1v) is 23.2. The van der Waals surface area contributed by atoms with Crippen molar-refractivity contribution >= 4 is 61.4 Å². The fourth-order valence-corrected chi connectivity index (χ4v) is 12.0. The summed E-state index contributed by atoms with van der Waals surface area (Å²) in [5.41, 5.74) is 27.9. The van der Waals surface area contributed by atoms with E-state index < -0.39 is 0 Å². The van der Waals surface area contributed by atoms with E-state index in [1.54, 1.807) is 0 Å². The second-order valence-electron chi connectivity index (χ2n) is 18.6. The van der Waals surface area contributed by atoms with Crippen LogP contribution < -0.4 is 10.9 Å². The van der Waals surface area contributed by atoms with E-state index in [1.165, 1.54) is 144 Å². The summed E-state index contributed by atoms with van der Waals surface area (Å²) in [6, 6.07) is 77.6. The van der Waals surface area contributed by atoms with Crippen molar-refractivity contribution in [2.45, 2.75) is 20.8 Å². The number of aromatic nitrogens is 2. The smallest absolute Gasteiger partial charge is 0.333 e. The Morgan fingerprint density at radius 2 is 0.818 bits per heavy atom. The third kappa shape index (κ3) is 5.32. The van der Waals surface area contributed by atoms with Crippen molar-refractivity contribution in [2.24, 2.45) is 0 Å². The molecule has 2 aliphatic heterocycles. The van der Waals surface area contributed by atoms with Crippen LogP contribution in [0.2, 0.25) is 0 Å². The van der Waals surface area contributed by atoms with Gasteiger partial charge < -0.3 is 9.05 Å². The third-order valence-corrected chi connectivity index (χ3v) is 14.7. The van der Waals surface area contributed by atoms with Crippen molar-refractivity contribution in [3.05, 3.63) is 223 Å². The highest BCUT2D eigenvalue weighted by Gasteiger charge is 2.42. The largest absolute Gasteiger partial charge is 0.375 e. The van der Waals surface area contributed by atoms with E-state index in [0.29, 0.717) is 0 Å². The summed E-state index contributed by atoms with van der Waals surface area (Å²) in [7, 11) is 0. The van der Waals surface area contributed by atoms with E-state index in [-0.39, 0.29) is 6.85 Å². The van der Waals surface area contributed by atoms with E-state index >= 15 is 0 Å². The summed E-state index contributed by atoms with van der Waals surface area (Å²) in [6.07, 6.45) is 0. The number of benzene rings is 10. The molecule has 3 heteroatoms. The summed E-state index contributed by atoms with van der Waals surface area (Å²) in [5, 5.41) is 5.11. The highest BCUT2D eigenvalue weighted by Crippen LogP contribution is 2.48. The van der Waals surface area contributed by atoms with Crippen LogP contribution in [-0.4, -0.2) is 15.9 Å². The van der Waals surface area contributed by atoms with Crippen LogP contribution in [0.25, 0.3) is 116 Å². The van der Waals surface area contributed by atoms with Crippen LogP contribution in [0.4, 0.5) is 0 Å². The number of aryl methyl sites for hydroxylation is 3. The van der Waals surface area contributed by atoms with Crippen molar-refractivity contribution in [2.75, 3.05) is 0 Å². The summed E-state index contributed by atoms with van der Waals surface area (Å²) < 4.78 is 5.35. The average molecular weight is 839 g/mol. The predicted molar refractivity (Wildman–Crippen MR) is 281 cm³/mol. The molecule has 4 heterocycles. The molecule has 12 aromatic rings. The minimum atomic E-state index is -0.0847. The molecule has 66 heavy (non-hydrogen) atoms. The maximum absolute atomic E-state index is 2.72. The van der Waals surface area contributed by atoms with Gasteiger partial charge in [-0.05, 0) is 159 Å². The molecule has 2 aliphatic rings. The fraction of sp³-hybridized carbons (Fsp3) is 0.0476. The molecule has 0 spiro atoms. The standard InChI is InChI=1S/C63H43BN2/c1-38-28-39(2)60(40(3)29-38)49-35-52-55-33-47(43-20-12-6-13-21-43)32-53-51-31-46(42-18-10-5-11-19-42)25-27-58(51)66(62(53)55)64-56-36-48(44-22-14-7-15-23-44)34-54-50-30-45(41-16-8-4-9-17-41)24-26-57(50)65(63(54)56)59(37-49)61(52)64/h4-37H,1-3H3. The quantitative estimate of drug-likeness (QED) is 0.153. The topological polar surface area (TPSA) is 9.86 Å². The summed E-state index contributed by atoms with van der Waals surface area (Å²) in [5.74, 6) is 0. The zero-order valence-corrected chi connectivity index (χ0v) is 37.1. The van der Waals surface area contributed by atoms with Gasteiger partial charge >= 0.3 is 6.85 Å². The van der Waals surface area contributed by atoms with Crippen LogP contribution in [-0.2, 0) is 0 Å². The molecule has 14 rings (SSSR count). The second-order valence-corrected chi connectivity index (χ2v) is 18.6. The Balaban J connectivity index is 1.18. The molecule has 0 N–H and O–H groups in total. The van der Waals surface area contributed by atoms with Crippen LogP contribution in [0.3, 0.4) is 0 Å². The molecular formula is C63H43BN2. The number of fused-ring (bicyclic) bond motifs is 10. The monoisotopic (exact) mass is 838 g/mol. The van der Waals surface area contributed by atoms with Gasteiger partial charge in [-0.15, -0.1) is 0 Å². The van der Waals surface area contributed by atoms with Gasteiger partial charge in [-0.1, -0.05) is 157 Å². The van der Waals surface area contributed by atoms with Crippen molar-refractivity contribution in [3.8, 4) is 72.4 Å². The number of rotatable bonds is 5. The Hall–Kier alpha value is -8.14. The molecule has 308 valence electrons. The first-order chi connectivity index (χ1) is 32.5. The molecule has 0 bridgehead atoms. The molecule has 0 unspecified atom stereocenters. The molecule has 2 aromatic heterocycles. The second kappa shape index (κ2) is 13.9. The Bertz CT molecular complexity index is 3970. The Kier molecular flexibility index (Phi) is 7.87. The third-order valence-electron chi connectivity index (χ3n) is 14.7. The lowest BCUT2D eigenvalue weighted by molar-refractivity contribution is 1.17.